The van der Waals surface area contributed by atoms with Gasteiger partial charge in [-0.3, -0.25) is 9.10 Å². The van der Waals surface area contributed by atoms with Crippen molar-refractivity contribution in [3.05, 3.63) is 54.1 Å². The summed E-state index contributed by atoms with van der Waals surface area (Å²) < 4.78 is 36.6. The Morgan fingerprint density at radius 2 is 1.76 bits per heavy atom. The van der Waals surface area contributed by atoms with Crippen LogP contribution in [-0.2, 0) is 14.8 Å². The third kappa shape index (κ3) is 6.98. The van der Waals surface area contributed by atoms with Gasteiger partial charge in [-0.15, -0.1) is 0 Å². The molecule has 0 radical (unpaired) electrons. The molecule has 29 heavy (non-hydrogen) atoms. The van der Waals surface area contributed by atoms with E-state index in [1.807, 2.05) is 38.1 Å². The fourth-order valence-corrected chi connectivity index (χ4v) is 3.56. The Morgan fingerprint density at radius 3 is 2.34 bits per heavy atom. The maximum atomic E-state index is 12.4. The quantitative estimate of drug-likeness (QED) is 0.639. The third-order valence-corrected chi connectivity index (χ3v) is 5.25. The van der Waals surface area contributed by atoms with Gasteiger partial charge in [0.1, 0.15) is 24.7 Å². The number of carbonyl (C=O) groups excluding carboxylic acids is 1. The van der Waals surface area contributed by atoms with Crippen molar-refractivity contribution in [3.8, 4) is 11.5 Å². The maximum Gasteiger partial charge on any atom is 0.241 e. The first-order chi connectivity index (χ1) is 13.7. The molecule has 0 heterocycles. The largest absolute Gasteiger partial charge is 0.494 e. The monoisotopic (exact) mass is 420 g/mol. The fourth-order valence-electron chi connectivity index (χ4n) is 2.70. The molecule has 1 N–H and O–H groups in total. The van der Waals surface area contributed by atoms with Crippen molar-refractivity contribution in [3.63, 3.8) is 0 Å². The Balaban J connectivity index is 1.98. The van der Waals surface area contributed by atoms with Crippen molar-refractivity contribution in [2.24, 2.45) is 0 Å². The molecule has 0 aliphatic heterocycles. The Kier molecular flexibility index (Phi) is 7.90. The number of anilines is 1. The van der Waals surface area contributed by atoms with Crippen LogP contribution in [0.5, 0.6) is 11.5 Å². The number of nitrogens with zero attached hydrogens (tertiary/aromatic N) is 1. The molecule has 0 spiro atoms. The molecule has 0 saturated carbocycles. The first kappa shape index (κ1) is 22.5. The highest BCUT2D eigenvalue weighted by molar-refractivity contribution is 7.92. The van der Waals surface area contributed by atoms with Crippen molar-refractivity contribution in [2.75, 3.05) is 30.3 Å². The van der Waals surface area contributed by atoms with E-state index in [9.17, 15) is 13.2 Å². The average Bonchev–Trinajstić information content (AvgIpc) is 2.66. The molecule has 8 heteroatoms. The van der Waals surface area contributed by atoms with Gasteiger partial charge in [-0.2, -0.15) is 0 Å². The van der Waals surface area contributed by atoms with Crippen molar-refractivity contribution in [1.29, 1.82) is 0 Å². The molecule has 0 fully saturated rings. The molecule has 2 aromatic rings. The molecule has 7 nitrogen and oxygen atoms in total. The van der Waals surface area contributed by atoms with Gasteiger partial charge < -0.3 is 14.8 Å². The summed E-state index contributed by atoms with van der Waals surface area (Å²) in [5, 5.41) is 2.78. The lowest BCUT2D eigenvalue weighted by molar-refractivity contribution is -0.120. The van der Waals surface area contributed by atoms with Gasteiger partial charge in [0, 0.05) is 0 Å². The molecule has 158 valence electrons. The van der Waals surface area contributed by atoms with Crippen LogP contribution in [0.2, 0.25) is 0 Å². The van der Waals surface area contributed by atoms with Gasteiger partial charge >= 0.3 is 0 Å². The smallest absolute Gasteiger partial charge is 0.241 e. The van der Waals surface area contributed by atoms with Crippen molar-refractivity contribution >= 4 is 21.6 Å². The summed E-state index contributed by atoms with van der Waals surface area (Å²) in [5.74, 6) is 0.974. The summed E-state index contributed by atoms with van der Waals surface area (Å²) in [6, 6.07) is 13.9. The second kappa shape index (κ2) is 10.2. The van der Waals surface area contributed by atoms with Gasteiger partial charge in [0.2, 0.25) is 15.9 Å². The predicted octanol–water partition coefficient (Wildman–Crippen LogP) is 2.74. The number of aryl methyl sites for hydroxylation is 1. The van der Waals surface area contributed by atoms with Gasteiger partial charge in [0.15, 0.2) is 0 Å². The maximum absolute atomic E-state index is 12.4. The van der Waals surface area contributed by atoms with Crippen LogP contribution in [0.3, 0.4) is 0 Å². The van der Waals surface area contributed by atoms with E-state index in [1.165, 1.54) is 0 Å². The molecular weight excluding hydrogens is 392 g/mol. The highest BCUT2D eigenvalue weighted by atomic mass is 32.2. The normalized spacial score (nSPS) is 12.1. The molecule has 0 unspecified atom stereocenters. The van der Waals surface area contributed by atoms with E-state index < -0.39 is 15.9 Å². The van der Waals surface area contributed by atoms with Gasteiger partial charge in [-0.1, -0.05) is 18.2 Å². The van der Waals surface area contributed by atoms with Crippen LogP contribution in [0.1, 0.15) is 19.4 Å². The molecule has 0 saturated heterocycles. The van der Waals surface area contributed by atoms with Crippen LogP contribution in [0.25, 0.3) is 0 Å². The van der Waals surface area contributed by atoms with E-state index in [0.29, 0.717) is 18.0 Å². The highest BCUT2D eigenvalue weighted by Gasteiger charge is 2.22. The van der Waals surface area contributed by atoms with E-state index in [1.54, 1.807) is 31.2 Å². The van der Waals surface area contributed by atoms with Crippen LogP contribution >= 0.6 is 0 Å². The van der Waals surface area contributed by atoms with Crippen molar-refractivity contribution < 1.29 is 22.7 Å². The van der Waals surface area contributed by atoms with Gasteiger partial charge in [-0.25, -0.2) is 8.42 Å². The van der Waals surface area contributed by atoms with Crippen LogP contribution < -0.4 is 19.1 Å². The molecular formula is C21H28N2O5S. The van der Waals surface area contributed by atoms with Crippen LogP contribution in [0.4, 0.5) is 5.69 Å². The number of nitrogens with one attached hydrogen (secondary N) is 1. The summed E-state index contributed by atoms with van der Waals surface area (Å²) >= 11 is 0. The molecule has 1 atom stereocenters. The number of carbonyl (C=O) groups is 1. The second-order valence-electron chi connectivity index (χ2n) is 6.74. The summed E-state index contributed by atoms with van der Waals surface area (Å²) in [5.41, 5.74) is 1.40. The minimum absolute atomic E-state index is 0.276. The zero-order chi connectivity index (χ0) is 21.4. The lowest BCUT2D eigenvalue weighted by Crippen LogP contribution is -2.44. The Bertz CT molecular complexity index is 913. The van der Waals surface area contributed by atoms with E-state index in [2.05, 4.69) is 5.32 Å². The number of benzene rings is 2. The van der Waals surface area contributed by atoms with E-state index in [4.69, 9.17) is 9.47 Å². The number of hydrogen-bond donors (Lipinski definition) is 1. The van der Waals surface area contributed by atoms with E-state index in [-0.39, 0.29) is 19.2 Å². The molecule has 2 aromatic carbocycles. The minimum atomic E-state index is -3.63. The molecule has 0 aliphatic rings. The Labute approximate surface area is 172 Å². The van der Waals surface area contributed by atoms with Crippen molar-refractivity contribution in [2.45, 2.75) is 26.8 Å². The highest BCUT2D eigenvalue weighted by Crippen LogP contribution is 2.21. The lowest BCUT2D eigenvalue weighted by Gasteiger charge is -2.23. The summed E-state index contributed by atoms with van der Waals surface area (Å²) in [7, 11) is -3.63. The van der Waals surface area contributed by atoms with Gasteiger partial charge in [-0.05, 0) is 56.7 Å². The predicted molar refractivity (Wildman–Crippen MR) is 114 cm³/mol. The third-order valence-electron chi connectivity index (χ3n) is 4.11. The first-order valence-corrected chi connectivity index (χ1v) is 11.2. The zero-order valence-electron chi connectivity index (χ0n) is 17.2. The number of rotatable bonds is 10. The van der Waals surface area contributed by atoms with Crippen LogP contribution in [-0.4, -0.2) is 46.4 Å². The fraction of sp³-hybridized carbons (Fsp3) is 0.381. The topological polar surface area (TPSA) is 84.9 Å². The van der Waals surface area contributed by atoms with Crippen molar-refractivity contribution in [1.82, 2.24) is 5.32 Å². The number of hydrogen-bond acceptors (Lipinski definition) is 5. The minimum Gasteiger partial charge on any atom is -0.494 e. The zero-order valence-corrected chi connectivity index (χ0v) is 18.0. The first-order valence-electron chi connectivity index (χ1n) is 9.39. The molecule has 0 aliphatic carbocycles. The summed E-state index contributed by atoms with van der Waals surface area (Å²) in [6.07, 6.45) is 1.07. The van der Waals surface area contributed by atoms with Gasteiger partial charge in [0.25, 0.3) is 0 Å². The SMILES string of the molecule is CCOc1ccc(N(CC(=O)N[C@@H](C)COc2ccccc2C)S(C)(=O)=O)cc1. The van der Waals surface area contributed by atoms with Gasteiger partial charge in [0.05, 0.1) is 24.6 Å². The molecule has 2 rings (SSSR count). The number of ether oxygens (including phenoxy) is 2. The van der Waals surface area contributed by atoms with Crippen LogP contribution in [0.15, 0.2) is 48.5 Å². The Morgan fingerprint density at radius 1 is 1.10 bits per heavy atom. The standard InChI is InChI=1S/C21H28N2O5S/c1-5-27-19-12-10-18(11-13-19)23(29(4,25)26)14-21(24)22-17(3)15-28-20-9-7-6-8-16(20)2/h6-13,17H,5,14-15H2,1-4H3,(H,22,24)/t17-/m0/s1. The molecule has 0 bridgehead atoms. The molecule has 0 aromatic heterocycles. The Hall–Kier alpha value is -2.74. The number of amides is 1. The van der Waals surface area contributed by atoms with E-state index in [0.717, 1.165) is 21.9 Å². The van der Waals surface area contributed by atoms with Crippen LogP contribution in [0, 0.1) is 6.92 Å². The summed E-state index contributed by atoms with van der Waals surface area (Å²) in [6.45, 7) is 6.09. The summed E-state index contributed by atoms with van der Waals surface area (Å²) in [4.78, 5) is 12.4. The molecule has 1 amide bonds. The lowest BCUT2D eigenvalue weighted by atomic mass is 10.2. The number of sulfonamides is 1. The number of para-hydroxylation sites is 1. The second-order valence-corrected chi connectivity index (χ2v) is 8.65. The average molecular weight is 421 g/mol. The van der Waals surface area contributed by atoms with E-state index >= 15 is 0 Å².